The van der Waals surface area contributed by atoms with E-state index in [9.17, 15) is 4.79 Å². The quantitative estimate of drug-likeness (QED) is 0.711. The topological polar surface area (TPSA) is 81.1 Å². The number of nitrogens with one attached hydrogen (secondary N) is 1. The molecule has 1 aliphatic carbocycles. The lowest BCUT2D eigenvalue weighted by Gasteiger charge is -2.25. The van der Waals surface area contributed by atoms with E-state index < -0.39 is 5.54 Å². The van der Waals surface area contributed by atoms with E-state index in [0.717, 1.165) is 5.69 Å². The van der Waals surface area contributed by atoms with E-state index >= 15 is 0 Å². The van der Waals surface area contributed by atoms with Crippen molar-refractivity contribution in [2.24, 2.45) is 11.5 Å². The number of allylic oxidation sites excluding steroid dienone is 1. The molecule has 0 saturated carbocycles. The van der Waals surface area contributed by atoms with Crippen LogP contribution in [0.2, 0.25) is 0 Å². The van der Waals surface area contributed by atoms with Crippen LogP contribution in [-0.2, 0) is 4.79 Å². The van der Waals surface area contributed by atoms with Gasteiger partial charge in [-0.1, -0.05) is 30.4 Å². The molecule has 1 aromatic carbocycles. The Labute approximate surface area is 100.0 Å². The van der Waals surface area contributed by atoms with E-state index in [2.05, 4.69) is 5.32 Å². The molecule has 88 valence electrons. The van der Waals surface area contributed by atoms with Crippen LogP contribution in [0, 0.1) is 0 Å². The lowest BCUT2D eigenvalue weighted by atomic mass is 9.90. The molecule has 0 saturated heterocycles. The van der Waals surface area contributed by atoms with Gasteiger partial charge in [-0.05, 0) is 24.6 Å². The molecule has 0 fully saturated rings. The van der Waals surface area contributed by atoms with Crippen molar-refractivity contribution < 1.29 is 4.79 Å². The van der Waals surface area contributed by atoms with Crippen LogP contribution in [0.5, 0.6) is 0 Å². The molecule has 1 aliphatic rings. The predicted molar refractivity (Wildman–Crippen MR) is 68.0 cm³/mol. The van der Waals surface area contributed by atoms with Gasteiger partial charge in [0.05, 0.1) is 0 Å². The minimum Gasteiger partial charge on any atom is -0.399 e. The highest BCUT2D eigenvalue weighted by atomic mass is 16.2. The Morgan fingerprint density at radius 1 is 1.29 bits per heavy atom. The van der Waals surface area contributed by atoms with Crippen LogP contribution in [0.1, 0.15) is 6.42 Å². The van der Waals surface area contributed by atoms with E-state index in [1.165, 1.54) is 0 Å². The summed E-state index contributed by atoms with van der Waals surface area (Å²) < 4.78 is 0. The summed E-state index contributed by atoms with van der Waals surface area (Å²) in [6, 6.07) is 9.23. The molecule has 0 aliphatic heterocycles. The van der Waals surface area contributed by atoms with Gasteiger partial charge in [0.25, 0.3) is 0 Å². The number of hydrogen-bond donors (Lipinski definition) is 3. The molecule has 4 heteroatoms. The molecule has 0 heterocycles. The van der Waals surface area contributed by atoms with Crippen LogP contribution in [0.25, 0.3) is 0 Å². The molecule has 1 aromatic rings. The van der Waals surface area contributed by atoms with Gasteiger partial charge in [0.1, 0.15) is 5.54 Å². The van der Waals surface area contributed by atoms with E-state index in [0.29, 0.717) is 12.1 Å². The Morgan fingerprint density at radius 2 is 2.00 bits per heavy atom. The molecule has 0 radical (unpaired) electrons. The first-order valence-corrected chi connectivity index (χ1v) is 5.40. The largest absolute Gasteiger partial charge is 0.399 e. The number of para-hydroxylation sites is 1. The molecule has 1 atom stereocenters. The summed E-state index contributed by atoms with van der Waals surface area (Å²) >= 11 is 0. The lowest BCUT2D eigenvalue weighted by Crippen LogP contribution is -2.50. The molecule has 0 bridgehead atoms. The fourth-order valence-electron chi connectivity index (χ4n) is 1.61. The molecule has 0 aromatic heterocycles. The SMILES string of the molecule is NC1=CCC(N)(C(=O)Nc2ccccc2)C=C1. The molecule has 0 spiro atoms. The average Bonchev–Trinajstić information content (AvgIpc) is 2.34. The first kappa shape index (κ1) is 11.4. The van der Waals surface area contributed by atoms with E-state index in [1.807, 2.05) is 30.3 Å². The molecule has 2 rings (SSSR count). The van der Waals surface area contributed by atoms with Gasteiger partial charge in [-0.3, -0.25) is 4.79 Å². The minimum absolute atomic E-state index is 0.233. The maximum atomic E-state index is 12.0. The molecule has 4 nitrogen and oxygen atoms in total. The third-order valence-electron chi connectivity index (χ3n) is 2.70. The molecular weight excluding hydrogens is 214 g/mol. The third kappa shape index (κ3) is 2.54. The highest BCUT2D eigenvalue weighted by molar-refractivity contribution is 5.99. The maximum Gasteiger partial charge on any atom is 0.248 e. The van der Waals surface area contributed by atoms with Gasteiger partial charge >= 0.3 is 0 Å². The van der Waals surface area contributed by atoms with Gasteiger partial charge in [0.15, 0.2) is 0 Å². The fourth-order valence-corrected chi connectivity index (χ4v) is 1.61. The second kappa shape index (κ2) is 4.43. The van der Waals surface area contributed by atoms with Crippen molar-refractivity contribution in [2.45, 2.75) is 12.0 Å². The van der Waals surface area contributed by atoms with Gasteiger partial charge in [0.2, 0.25) is 5.91 Å². The number of benzene rings is 1. The van der Waals surface area contributed by atoms with E-state index in [4.69, 9.17) is 11.5 Å². The van der Waals surface area contributed by atoms with Gasteiger partial charge in [-0.2, -0.15) is 0 Å². The zero-order valence-corrected chi connectivity index (χ0v) is 9.39. The van der Waals surface area contributed by atoms with Crippen molar-refractivity contribution >= 4 is 11.6 Å². The third-order valence-corrected chi connectivity index (χ3v) is 2.70. The molecule has 1 unspecified atom stereocenters. The number of amides is 1. The van der Waals surface area contributed by atoms with Crippen molar-refractivity contribution in [3.8, 4) is 0 Å². The highest BCUT2D eigenvalue weighted by Gasteiger charge is 2.31. The van der Waals surface area contributed by atoms with Crippen molar-refractivity contribution in [3.05, 3.63) is 54.3 Å². The fraction of sp³-hybridized carbons (Fsp3) is 0.154. The number of carbonyl (C=O) groups is 1. The second-order valence-electron chi connectivity index (χ2n) is 4.10. The van der Waals surface area contributed by atoms with Crippen LogP contribution in [0.3, 0.4) is 0 Å². The summed E-state index contributed by atoms with van der Waals surface area (Å²) in [5.41, 5.74) is 12.0. The summed E-state index contributed by atoms with van der Waals surface area (Å²) in [7, 11) is 0. The van der Waals surface area contributed by atoms with Crippen molar-refractivity contribution in [1.29, 1.82) is 0 Å². The Balaban J connectivity index is 2.09. The standard InChI is InChI=1S/C13H15N3O/c14-10-6-8-13(15,9-7-10)12(17)16-11-4-2-1-3-5-11/h1-8H,9,14-15H2,(H,16,17). The smallest absolute Gasteiger partial charge is 0.248 e. The van der Waals surface area contributed by atoms with Crippen LogP contribution in [0.15, 0.2) is 54.3 Å². The van der Waals surface area contributed by atoms with Gasteiger partial charge in [-0.15, -0.1) is 0 Å². The van der Waals surface area contributed by atoms with Crippen molar-refractivity contribution in [3.63, 3.8) is 0 Å². The summed E-state index contributed by atoms with van der Waals surface area (Å²) in [6.45, 7) is 0. The van der Waals surface area contributed by atoms with Crippen LogP contribution in [0.4, 0.5) is 5.69 Å². The average molecular weight is 229 g/mol. The molecular formula is C13H15N3O. The summed E-state index contributed by atoms with van der Waals surface area (Å²) in [6.07, 6.45) is 5.47. The van der Waals surface area contributed by atoms with Gasteiger partial charge in [0, 0.05) is 11.4 Å². The van der Waals surface area contributed by atoms with E-state index in [1.54, 1.807) is 18.2 Å². The van der Waals surface area contributed by atoms with Crippen LogP contribution < -0.4 is 16.8 Å². The normalized spacial score (nSPS) is 23.0. The lowest BCUT2D eigenvalue weighted by molar-refractivity contribution is -0.119. The zero-order chi connectivity index (χ0) is 12.3. The minimum atomic E-state index is -1.02. The summed E-state index contributed by atoms with van der Waals surface area (Å²) in [4.78, 5) is 12.0. The Hall–Kier alpha value is -2.07. The number of rotatable bonds is 2. The van der Waals surface area contributed by atoms with Crippen molar-refractivity contribution in [2.75, 3.05) is 5.32 Å². The van der Waals surface area contributed by atoms with Crippen molar-refractivity contribution in [1.82, 2.24) is 0 Å². The van der Waals surface area contributed by atoms with Crippen LogP contribution >= 0.6 is 0 Å². The Kier molecular flexibility index (Phi) is 2.97. The second-order valence-corrected chi connectivity index (χ2v) is 4.10. The summed E-state index contributed by atoms with van der Waals surface area (Å²) in [5.74, 6) is -0.233. The Bertz CT molecular complexity index is 479. The summed E-state index contributed by atoms with van der Waals surface area (Å²) in [5, 5.41) is 2.78. The molecule has 1 amide bonds. The Morgan fingerprint density at radius 3 is 2.59 bits per heavy atom. The first-order valence-electron chi connectivity index (χ1n) is 5.40. The zero-order valence-electron chi connectivity index (χ0n) is 9.39. The molecule has 17 heavy (non-hydrogen) atoms. The predicted octanol–water partition coefficient (Wildman–Crippen LogP) is 1.13. The van der Waals surface area contributed by atoms with Gasteiger partial charge < -0.3 is 16.8 Å². The number of carbonyl (C=O) groups excluding carboxylic acids is 1. The number of nitrogens with two attached hydrogens (primary N) is 2. The van der Waals surface area contributed by atoms with Crippen LogP contribution in [-0.4, -0.2) is 11.4 Å². The first-order chi connectivity index (χ1) is 8.10. The molecule has 5 N–H and O–H groups in total. The number of hydrogen-bond acceptors (Lipinski definition) is 3. The van der Waals surface area contributed by atoms with E-state index in [-0.39, 0.29) is 5.91 Å². The van der Waals surface area contributed by atoms with Gasteiger partial charge in [-0.25, -0.2) is 0 Å². The highest BCUT2D eigenvalue weighted by Crippen LogP contribution is 2.19. The monoisotopic (exact) mass is 229 g/mol. The number of anilines is 1. The maximum absolute atomic E-state index is 12.0.